The highest BCUT2D eigenvalue weighted by atomic mass is 19.1. The number of methoxy groups -OCH3 is 1. The van der Waals surface area contributed by atoms with Crippen molar-refractivity contribution in [2.75, 3.05) is 20.2 Å². The molecule has 1 fully saturated rings. The van der Waals surface area contributed by atoms with Crippen LogP contribution in [0.4, 0.5) is 4.39 Å². The fraction of sp³-hybridized carbons (Fsp3) is 0.316. The lowest BCUT2D eigenvalue weighted by molar-refractivity contribution is 0.109. The van der Waals surface area contributed by atoms with Crippen LogP contribution in [0, 0.1) is 5.82 Å². The first-order chi connectivity index (χ1) is 12.7. The van der Waals surface area contributed by atoms with Gasteiger partial charge in [-0.2, -0.15) is 0 Å². The molecular weight excluding hydrogens is 333 g/mol. The van der Waals surface area contributed by atoms with Gasteiger partial charge in [-0.25, -0.2) is 4.39 Å². The standard InChI is InChI=1S/C19H20FN5O/c1-26-16-11-17(19-23-22-18-12-21-8-10-25(18)19)24(13-16)9-2-3-14-4-6-15(20)7-5-14/h2-8,10,12,16-17H,9,11,13H2,1H3/b3-2+/t16-,17+/m1/s1. The number of hydrogen-bond acceptors (Lipinski definition) is 5. The van der Waals surface area contributed by atoms with Crippen molar-refractivity contribution in [3.8, 4) is 0 Å². The molecule has 0 saturated carbocycles. The van der Waals surface area contributed by atoms with E-state index in [1.54, 1.807) is 31.6 Å². The third-order valence-corrected chi connectivity index (χ3v) is 4.76. The average molecular weight is 353 g/mol. The molecule has 2 atom stereocenters. The summed E-state index contributed by atoms with van der Waals surface area (Å²) in [6.45, 7) is 1.58. The Bertz CT molecular complexity index is 908. The third-order valence-electron chi connectivity index (χ3n) is 4.76. The molecule has 3 heterocycles. The predicted molar refractivity (Wildman–Crippen MR) is 95.9 cm³/mol. The number of fused-ring (bicyclic) bond motifs is 1. The maximum absolute atomic E-state index is 13.0. The second kappa shape index (κ2) is 7.31. The molecule has 1 aliphatic heterocycles. The van der Waals surface area contributed by atoms with Gasteiger partial charge < -0.3 is 4.74 Å². The maximum atomic E-state index is 13.0. The Morgan fingerprint density at radius 3 is 2.92 bits per heavy atom. The van der Waals surface area contributed by atoms with Crippen molar-refractivity contribution in [1.29, 1.82) is 0 Å². The lowest BCUT2D eigenvalue weighted by Crippen LogP contribution is -2.26. The molecule has 134 valence electrons. The number of benzene rings is 1. The zero-order valence-corrected chi connectivity index (χ0v) is 14.5. The molecule has 6 nitrogen and oxygen atoms in total. The van der Waals surface area contributed by atoms with Gasteiger partial charge in [0.15, 0.2) is 11.5 Å². The number of hydrogen-bond donors (Lipinski definition) is 0. The molecule has 0 amide bonds. The molecular formula is C19H20FN5O. The van der Waals surface area contributed by atoms with Crippen molar-refractivity contribution >= 4 is 11.7 Å². The summed E-state index contributed by atoms with van der Waals surface area (Å²) in [5.41, 5.74) is 1.72. The zero-order valence-electron chi connectivity index (χ0n) is 14.5. The molecule has 0 unspecified atom stereocenters. The predicted octanol–water partition coefficient (Wildman–Crippen LogP) is 2.74. The van der Waals surface area contributed by atoms with Gasteiger partial charge in [0.05, 0.1) is 18.3 Å². The molecule has 2 aromatic heterocycles. The number of rotatable bonds is 5. The fourth-order valence-electron chi connectivity index (χ4n) is 3.40. The summed E-state index contributed by atoms with van der Waals surface area (Å²) in [4.78, 5) is 6.42. The van der Waals surface area contributed by atoms with Crippen molar-refractivity contribution in [3.05, 3.63) is 66.1 Å². The molecule has 0 radical (unpaired) electrons. The molecule has 0 N–H and O–H groups in total. The van der Waals surface area contributed by atoms with Crippen LogP contribution in [0.2, 0.25) is 0 Å². The van der Waals surface area contributed by atoms with E-state index in [1.165, 1.54) is 12.1 Å². The van der Waals surface area contributed by atoms with E-state index in [9.17, 15) is 4.39 Å². The highest BCUT2D eigenvalue weighted by Crippen LogP contribution is 2.32. The van der Waals surface area contributed by atoms with E-state index in [1.807, 2.05) is 16.7 Å². The number of halogens is 1. The lowest BCUT2D eigenvalue weighted by Gasteiger charge is -2.21. The van der Waals surface area contributed by atoms with Crippen LogP contribution in [0.1, 0.15) is 23.9 Å². The van der Waals surface area contributed by atoms with Gasteiger partial charge in [-0.05, 0) is 24.1 Å². The van der Waals surface area contributed by atoms with Gasteiger partial charge >= 0.3 is 0 Å². The molecule has 0 aliphatic carbocycles. The van der Waals surface area contributed by atoms with Crippen LogP contribution in [-0.2, 0) is 4.74 Å². The first-order valence-corrected chi connectivity index (χ1v) is 8.58. The summed E-state index contributed by atoms with van der Waals surface area (Å²) in [5, 5.41) is 8.60. The molecule has 7 heteroatoms. The van der Waals surface area contributed by atoms with Crippen LogP contribution in [-0.4, -0.2) is 50.8 Å². The van der Waals surface area contributed by atoms with Gasteiger partial charge in [-0.3, -0.25) is 14.3 Å². The topological polar surface area (TPSA) is 55.6 Å². The van der Waals surface area contributed by atoms with E-state index in [4.69, 9.17) is 4.74 Å². The van der Waals surface area contributed by atoms with Crippen LogP contribution in [0.25, 0.3) is 11.7 Å². The second-order valence-electron chi connectivity index (χ2n) is 6.38. The molecule has 3 aromatic rings. The summed E-state index contributed by atoms with van der Waals surface area (Å²) in [6, 6.07) is 6.59. The summed E-state index contributed by atoms with van der Waals surface area (Å²) in [6.07, 6.45) is 10.4. The van der Waals surface area contributed by atoms with E-state index >= 15 is 0 Å². The second-order valence-corrected chi connectivity index (χ2v) is 6.38. The van der Waals surface area contributed by atoms with E-state index in [-0.39, 0.29) is 18.0 Å². The molecule has 1 aromatic carbocycles. The number of likely N-dealkylation sites (tertiary alicyclic amines) is 1. The Morgan fingerprint density at radius 2 is 2.12 bits per heavy atom. The highest BCUT2D eigenvalue weighted by molar-refractivity contribution is 5.49. The van der Waals surface area contributed by atoms with Crippen LogP contribution in [0.15, 0.2) is 48.9 Å². The van der Waals surface area contributed by atoms with Crippen molar-refractivity contribution in [1.82, 2.24) is 24.5 Å². The molecule has 0 spiro atoms. The van der Waals surface area contributed by atoms with Gasteiger partial charge in [0.1, 0.15) is 5.82 Å². The Balaban J connectivity index is 1.54. The Hall–Kier alpha value is -2.64. The smallest absolute Gasteiger partial charge is 0.179 e. The molecule has 26 heavy (non-hydrogen) atoms. The van der Waals surface area contributed by atoms with Gasteiger partial charge in [0, 0.05) is 32.6 Å². The molecule has 1 aliphatic rings. The van der Waals surface area contributed by atoms with E-state index < -0.39 is 0 Å². The van der Waals surface area contributed by atoms with Gasteiger partial charge in [-0.1, -0.05) is 24.3 Å². The quantitative estimate of drug-likeness (QED) is 0.706. The maximum Gasteiger partial charge on any atom is 0.179 e. The third kappa shape index (κ3) is 3.36. The minimum atomic E-state index is -0.224. The largest absolute Gasteiger partial charge is 0.380 e. The van der Waals surface area contributed by atoms with Crippen molar-refractivity contribution in [2.45, 2.75) is 18.6 Å². The molecule has 4 rings (SSSR count). The first-order valence-electron chi connectivity index (χ1n) is 8.58. The monoisotopic (exact) mass is 353 g/mol. The number of ether oxygens (including phenoxy) is 1. The minimum Gasteiger partial charge on any atom is -0.380 e. The van der Waals surface area contributed by atoms with Gasteiger partial charge in [-0.15, -0.1) is 10.2 Å². The van der Waals surface area contributed by atoms with E-state index in [0.29, 0.717) is 0 Å². The fourth-order valence-corrected chi connectivity index (χ4v) is 3.40. The van der Waals surface area contributed by atoms with Crippen LogP contribution >= 0.6 is 0 Å². The molecule has 0 bridgehead atoms. The highest BCUT2D eigenvalue weighted by Gasteiger charge is 2.35. The summed E-state index contributed by atoms with van der Waals surface area (Å²) >= 11 is 0. The Kier molecular flexibility index (Phi) is 4.73. The van der Waals surface area contributed by atoms with E-state index in [0.717, 1.165) is 36.5 Å². The van der Waals surface area contributed by atoms with Crippen molar-refractivity contribution in [3.63, 3.8) is 0 Å². The lowest BCUT2D eigenvalue weighted by atomic mass is 10.2. The Morgan fingerprint density at radius 1 is 1.27 bits per heavy atom. The molecule has 1 saturated heterocycles. The summed E-state index contributed by atoms with van der Waals surface area (Å²) < 4.78 is 20.6. The number of aromatic nitrogens is 4. The van der Waals surface area contributed by atoms with Gasteiger partial charge in [0.2, 0.25) is 0 Å². The van der Waals surface area contributed by atoms with Crippen LogP contribution in [0.3, 0.4) is 0 Å². The zero-order chi connectivity index (χ0) is 17.9. The Labute approximate surface area is 150 Å². The van der Waals surface area contributed by atoms with Crippen LogP contribution in [0.5, 0.6) is 0 Å². The average Bonchev–Trinajstić information content (AvgIpc) is 3.27. The first kappa shape index (κ1) is 16.8. The number of nitrogens with zero attached hydrogens (tertiary/aromatic N) is 5. The normalized spacial score (nSPS) is 21.2. The summed E-state index contributed by atoms with van der Waals surface area (Å²) in [5.74, 6) is 0.676. The van der Waals surface area contributed by atoms with Gasteiger partial charge in [0.25, 0.3) is 0 Å². The minimum absolute atomic E-state index is 0.121. The van der Waals surface area contributed by atoms with E-state index in [2.05, 4.69) is 26.2 Å². The van der Waals surface area contributed by atoms with Crippen molar-refractivity contribution in [2.24, 2.45) is 0 Å². The van der Waals surface area contributed by atoms with Crippen LogP contribution < -0.4 is 0 Å². The SMILES string of the molecule is CO[C@@H]1C[C@@H](c2nnc3cnccn23)N(C/C=C/c2ccc(F)cc2)C1. The summed E-state index contributed by atoms with van der Waals surface area (Å²) in [7, 11) is 1.74. The van der Waals surface area contributed by atoms with Crippen molar-refractivity contribution < 1.29 is 9.13 Å².